The number of fused-ring (bicyclic) bond motifs is 2. The molecule has 2 heterocycles. The molecule has 0 aliphatic rings. The second-order valence-electron chi connectivity index (χ2n) is 5.68. The van der Waals surface area contributed by atoms with E-state index >= 15 is 0 Å². The lowest BCUT2D eigenvalue weighted by Crippen LogP contribution is -2.07. The van der Waals surface area contributed by atoms with E-state index in [1.165, 1.54) is 0 Å². The lowest BCUT2D eigenvalue weighted by atomic mass is 10.2. The van der Waals surface area contributed by atoms with Crippen LogP contribution in [0.4, 0.5) is 0 Å². The number of hydrogen-bond donors (Lipinski definition) is 0. The fraction of sp³-hybridized carbons (Fsp3) is 0.158. The van der Waals surface area contributed by atoms with E-state index in [9.17, 15) is 9.59 Å². The number of rotatable bonds is 4. The Morgan fingerprint density at radius 1 is 0.680 bits per heavy atom. The predicted molar refractivity (Wildman–Crippen MR) is 92.6 cm³/mol. The van der Waals surface area contributed by atoms with Crippen LogP contribution in [0.5, 0.6) is 0 Å². The highest BCUT2D eigenvalue weighted by Crippen LogP contribution is 2.11. The van der Waals surface area contributed by atoms with Crippen molar-refractivity contribution in [3.63, 3.8) is 0 Å². The molecule has 0 unspecified atom stereocenters. The quantitative estimate of drug-likeness (QED) is 0.570. The molecule has 6 heteroatoms. The maximum absolute atomic E-state index is 11.9. The molecule has 4 aromatic rings. The molecule has 0 saturated carbocycles. The first-order valence-electron chi connectivity index (χ1n) is 7.98. The van der Waals surface area contributed by atoms with Crippen LogP contribution < -0.4 is 11.3 Å². The molecule has 0 amide bonds. The summed E-state index contributed by atoms with van der Waals surface area (Å²) in [6.45, 7) is 0. The van der Waals surface area contributed by atoms with Crippen molar-refractivity contribution in [3.8, 4) is 0 Å². The molecule has 2 aromatic carbocycles. The molecule has 6 nitrogen and oxygen atoms in total. The molecule has 0 atom stereocenters. The number of aromatic nitrogens is 2. The zero-order valence-corrected chi connectivity index (χ0v) is 13.3. The lowest BCUT2D eigenvalue weighted by molar-refractivity contribution is 0.416. The topological polar surface area (TPSA) is 86.2 Å². The molecular formula is C19H14N2O4. The summed E-state index contributed by atoms with van der Waals surface area (Å²) in [5.74, 6) is 0.735. The monoisotopic (exact) mass is 334 g/mol. The van der Waals surface area contributed by atoms with Gasteiger partial charge in [0.25, 0.3) is 0 Å². The summed E-state index contributed by atoms with van der Waals surface area (Å²) in [6.07, 6.45) is 1.51. The molecule has 0 aliphatic carbocycles. The fourth-order valence-electron chi connectivity index (χ4n) is 2.73. The van der Waals surface area contributed by atoms with Crippen molar-refractivity contribution in [1.29, 1.82) is 0 Å². The van der Waals surface area contributed by atoms with Crippen molar-refractivity contribution in [2.75, 3.05) is 0 Å². The summed E-state index contributed by atoms with van der Waals surface area (Å²) in [4.78, 5) is 32.6. The third-order valence-electron chi connectivity index (χ3n) is 3.94. The third kappa shape index (κ3) is 3.06. The minimum Gasteiger partial charge on any atom is -0.408 e. The SMILES string of the molecule is O=c1oc(CCCc2nc3ccccc3c(=O)o2)nc2ccccc12. The highest BCUT2D eigenvalue weighted by Gasteiger charge is 2.08. The molecular weight excluding hydrogens is 320 g/mol. The van der Waals surface area contributed by atoms with Crippen LogP contribution in [0.1, 0.15) is 18.2 Å². The molecule has 0 N–H and O–H groups in total. The van der Waals surface area contributed by atoms with E-state index in [-0.39, 0.29) is 0 Å². The van der Waals surface area contributed by atoms with Crippen LogP contribution in [0.25, 0.3) is 21.8 Å². The van der Waals surface area contributed by atoms with Crippen molar-refractivity contribution >= 4 is 21.8 Å². The number of hydrogen-bond acceptors (Lipinski definition) is 6. The molecule has 0 bridgehead atoms. The van der Waals surface area contributed by atoms with Crippen molar-refractivity contribution in [2.24, 2.45) is 0 Å². The Morgan fingerprint density at radius 2 is 1.12 bits per heavy atom. The number of para-hydroxylation sites is 2. The Balaban J connectivity index is 1.53. The van der Waals surface area contributed by atoms with E-state index < -0.39 is 11.3 Å². The van der Waals surface area contributed by atoms with E-state index in [0.29, 0.717) is 52.8 Å². The number of benzene rings is 2. The van der Waals surface area contributed by atoms with Crippen molar-refractivity contribution < 1.29 is 8.83 Å². The first-order valence-corrected chi connectivity index (χ1v) is 7.98. The maximum Gasteiger partial charge on any atom is 0.346 e. The summed E-state index contributed by atoms with van der Waals surface area (Å²) in [6, 6.07) is 14.1. The minimum absolute atomic E-state index is 0.367. The van der Waals surface area contributed by atoms with Gasteiger partial charge in [0.2, 0.25) is 0 Å². The molecule has 4 rings (SSSR count). The van der Waals surface area contributed by atoms with Gasteiger partial charge in [0, 0.05) is 12.8 Å². The first-order chi connectivity index (χ1) is 12.2. The van der Waals surface area contributed by atoms with E-state index in [4.69, 9.17) is 8.83 Å². The molecule has 0 spiro atoms. The molecule has 124 valence electrons. The van der Waals surface area contributed by atoms with Crippen LogP contribution in [-0.4, -0.2) is 9.97 Å². The highest BCUT2D eigenvalue weighted by molar-refractivity contribution is 5.77. The Hall–Kier alpha value is -3.28. The predicted octanol–water partition coefficient (Wildman–Crippen LogP) is 2.86. The first kappa shape index (κ1) is 15.3. The van der Waals surface area contributed by atoms with Gasteiger partial charge in [-0.05, 0) is 30.7 Å². The van der Waals surface area contributed by atoms with Crippen LogP contribution in [0.3, 0.4) is 0 Å². The minimum atomic E-state index is -0.393. The molecule has 0 fully saturated rings. The van der Waals surface area contributed by atoms with Crippen LogP contribution in [0.15, 0.2) is 67.0 Å². The maximum atomic E-state index is 11.9. The van der Waals surface area contributed by atoms with Gasteiger partial charge in [-0.25, -0.2) is 19.6 Å². The average Bonchev–Trinajstić information content (AvgIpc) is 2.62. The lowest BCUT2D eigenvalue weighted by Gasteiger charge is -2.02. The highest BCUT2D eigenvalue weighted by atomic mass is 16.4. The second kappa shape index (κ2) is 6.32. The van der Waals surface area contributed by atoms with Crippen LogP contribution in [0.2, 0.25) is 0 Å². The van der Waals surface area contributed by atoms with Crippen molar-refractivity contribution in [2.45, 2.75) is 19.3 Å². The van der Waals surface area contributed by atoms with Crippen molar-refractivity contribution in [3.05, 3.63) is 81.2 Å². The summed E-state index contributed by atoms with van der Waals surface area (Å²) < 4.78 is 10.5. The summed E-state index contributed by atoms with van der Waals surface area (Å²) in [5.41, 5.74) is 0.445. The standard InChI is InChI=1S/C19H14N2O4/c22-18-12-6-1-3-8-14(12)20-16(24-18)10-5-11-17-21-15-9-4-2-7-13(15)19(23)25-17/h1-4,6-9H,5,10-11H2. The molecule has 0 aliphatic heterocycles. The largest absolute Gasteiger partial charge is 0.408 e. The van der Waals surface area contributed by atoms with Gasteiger partial charge in [-0.1, -0.05) is 24.3 Å². The van der Waals surface area contributed by atoms with Gasteiger partial charge in [-0.2, -0.15) is 0 Å². The Morgan fingerprint density at radius 3 is 1.60 bits per heavy atom. The number of aryl methyl sites for hydroxylation is 2. The molecule has 0 radical (unpaired) electrons. The fourth-order valence-corrected chi connectivity index (χ4v) is 2.73. The number of nitrogens with zero attached hydrogens (tertiary/aromatic N) is 2. The Labute approximate surface area is 141 Å². The van der Waals surface area contributed by atoms with Gasteiger partial charge >= 0.3 is 11.3 Å². The smallest absolute Gasteiger partial charge is 0.346 e. The van der Waals surface area contributed by atoms with Crippen LogP contribution >= 0.6 is 0 Å². The molecule has 25 heavy (non-hydrogen) atoms. The second-order valence-corrected chi connectivity index (χ2v) is 5.68. The van der Waals surface area contributed by atoms with Gasteiger partial charge < -0.3 is 8.83 Å². The summed E-state index contributed by atoms with van der Waals surface area (Å²) >= 11 is 0. The van der Waals surface area contributed by atoms with Crippen LogP contribution in [0, 0.1) is 0 Å². The van der Waals surface area contributed by atoms with Gasteiger partial charge in [0.15, 0.2) is 11.8 Å². The zero-order valence-electron chi connectivity index (χ0n) is 13.3. The van der Waals surface area contributed by atoms with E-state index in [2.05, 4.69) is 9.97 Å². The zero-order chi connectivity index (χ0) is 17.2. The van der Waals surface area contributed by atoms with E-state index in [0.717, 1.165) is 0 Å². The van der Waals surface area contributed by atoms with Gasteiger partial charge in [0.1, 0.15) is 0 Å². The van der Waals surface area contributed by atoms with Gasteiger partial charge in [-0.15, -0.1) is 0 Å². The average molecular weight is 334 g/mol. The summed E-state index contributed by atoms with van der Waals surface area (Å²) in [5, 5.41) is 0.932. The molecule has 0 saturated heterocycles. The third-order valence-corrected chi connectivity index (χ3v) is 3.94. The van der Waals surface area contributed by atoms with E-state index in [1.807, 2.05) is 12.1 Å². The van der Waals surface area contributed by atoms with Gasteiger partial charge in [-0.3, -0.25) is 0 Å². The normalized spacial score (nSPS) is 11.2. The van der Waals surface area contributed by atoms with Gasteiger partial charge in [0.05, 0.1) is 21.8 Å². The molecule has 2 aromatic heterocycles. The van der Waals surface area contributed by atoms with Crippen molar-refractivity contribution in [1.82, 2.24) is 9.97 Å². The Bertz CT molecular complexity index is 1080. The summed E-state index contributed by atoms with van der Waals surface area (Å²) in [7, 11) is 0. The van der Waals surface area contributed by atoms with E-state index in [1.54, 1.807) is 36.4 Å². The Kier molecular flexibility index (Phi) is 3.85. The van der Waals surface area contributed by atoms with Crippen LogP contribution in [-0.2, 0) is 12.8 Å².